The summed E-state index contributed by atoms with van der Waals surface area (Å²) >= 11 is 0. The highest BCUT2D eigenvalue weighted by Gasteiger charge is 2.12. The number of carboxylic acids is 1. The number of rotatable bonds is 7. The standard InChI is InChI=1S/C11H17N3O4/c1-3-14-9(6-8(2)13-14)11(17)12-4-5-18-7-10(15)16/h6H,3-5,7H2,1-2H3,(H,12,17)(H,15,16). The monoisotopic (exact) mass is 255 g/mol. The van der Waals surface area contributed by atoms with Crippen LogP contribution >= 0.6 is 0 Å². The van der Waals surface area contributed by atoms with Crippen LogP contribution in [0, 0.1) is 6.92 Å². The van der Waals surface area contributed by atoms with Crippen LogP contribution in [0.1, 0.15) is 23.1 Å². The number of ether oxygens (including phenoxy) is 1. The Labute approximate surface area is 105 Å². The van der Waals surface area contributed by atoms with Gasteiger partial charge in [0.15, 0.2) is 0 Å². The van der Waals surface area contributed by atoms with Crippen LogP contribution in [0.15, 0.2) is 6.07 Å². The SMILES string of the molecule is CCn1nc(C)cc1C(=O)NCCOCC(=O)O. The lowest BCUT2D eigenvalue weighted by Gasteiger charge is -2.06. The molecule has 0 aliphatic heterocycles. The summed E-state index contributed by atoms with van der Waals surface area (Å²) in [6.45, 7) is 4.41. The number of carbonyl (C=O) groups excluding carboxylic acids is 1. The molecular formula is C11H17N3O4. The van der Waals surface area contributed by atoms with E-state index in [9.17, 15) is 9.59 Å². The summed E-state index contributed by atoms with van der Waals surface area (Å²) in [5, 5.41) is 15.2. The molecule has 0 aliphatic rings. The van der Waals surface area contributed by atoms with Crippen molar-refractivity contribution in [2.24, 2.45) is 0 Å². The van der Waals surface area contributed by atoms with Crippen molar-refractivity contribution in [3.8, 4) is 0 Å². The maximum Gasteiger partial charge on any atom is 0.329 e. The van der Waals surface area contributed by atoms with Gasteiger partial charge in [0.05, 0.1) is 12.3 Å². The molecule has 0 saturated carbocycles. The van der Waals surface area contributed by atoms with Crippen LogP contribution in [0.5, 0.6) is 0 Å². The van der Waals surface area contributed by atoms with E-state index < -0.39 is 5.97 Å². The summed E-state index contributed by atoms with van der Waals surface area (Å²) in [5.74, 6) is -1.27. The summed E-state index contributed by atoms with van der Waals surface area (Å²) in [6, 6.07) is 1.71. The third-order valence-corrected chi connectivity index (χ3v) is 2.19. The molecule has 100 valence electrons. The first-order valence-electron chi connectivity index (χ1n) is 5.66. The van der Waals surface area contributed by atoms with Crippen LogP contribution in [0.25, 0.3) is 0 Å². The van der Waals surface area contributed by atoms with Crippen LogP contribution in [-0.2, 0) is 16.1 Å². The lowest BCUT2D eigenvalue weighted by atomic mass is 10.3. The van der Waals surface area contributed by atoms with Crippen LogP contribution in [-0.4, -0.2) is 46.5 Å². The molecular weight excluding hydrogens is 238 g/mol. The van der Waals surface area contributed by atoms with Crippen LogP contribution in [0.2, 0.25) is 0 Å². The molecule has 0 unspecified atom stereocenters. The Morgan fingerprint density at radius 2 is 2.28 bits per heavy atom. The molecule has 1 heterocycles. The fourth-order valence-electron chi connectivity index (χ4n) is 1.46. The van der Waals surface area contributed by atoms with Crippen molar-refractivity contribution in [1.29, 1.82) is 0 Å². The predicted octanol–water partition coefficient (Wildman–Crippen LogP) is 0.0424. The summed E-state index contributed by atoms with van der Waals surface area (Å²) in [7, 11) is 0. The van der Waals surface area contributed by atoms with Gasteiger partial charge in [-0.1, -0.05) is 0 Å². The number of hydrogen-bond donors (Lipinski definition) is 2. The van der Waals surface area contributed by atoms with E-state index in [4.69, 9.17) is 9.84 Å². The number of nitrogens with one attached hydrogen (secondary N) is 1. The van der Waals surface area contributed by atoms with Gasteiger partial charge in [-0.3, -0.25) is 9.48 Å². The zero-order valence-corrected chi connectivity index (χ0v) is 10.5. The lowest BCUT2D eigenvalue weighted by Crippen LogP contribution is -2.29. The van der Waals surface area contributed by atoms with Crippen LogP contribution < -0.4 is 5.32 Å². The van der Waals surface area contributed by atoms with Crippen molar-refractivity contribution in [2.45, 2.75) is 20.4 Å². The van der Waals surface area contributed by atoms with Crippen molar-refractivity contribution in [1.82, 2.24) is 15.1 Å². The van der Waals surface area contributed by atoms with Gasteiger partial charge < -0.3 is 15.2 Å². The highest BCUT2D eigenvalue weighted by atomic mass is 16.5. The van der Waals surface area contributed by atoms with E-state index in [2.05, 4.69) is 10.4 Å². The Hall–Kier alpha value is -1.89. The van der Waals surface area contributed by atoms with Gasteiger partial charge in [0, 0.05) is 13.1 Å². The minimum Gasteiger partial charge on any atom is -0.480 e. The molecule has 7 nitrogen and oxygen atoms in total. The smallest absolute Gasteiger partial charge is 0.329 e. The number of hydrogen-bond acceptors (Lipinski definition) is 4. The van der Waals surface area contributed by atoms with Gasteiger partial charge in [0.2, 0.25) is 0 Å². The first kappa shape index (κ1) is 14.2. The van der Waals surface area contributed by atoms with Gasteiger partial charge >= 0.3 is 5.97 Å². The second-order valence-electron chi connectivity index (χ2n) is 3.69. The maximum atomic E-state index is 11.8. The fraction of sp³-hybridized carbons (Fsp3) is 0.545. The second kappa shape index (κ2) is 6.75. The van der Waals surface area contributed by atoms with Gasteiger partial charge in [-0.25, -0.2) is 4.79 Å². The largest absolute Gasteiger partial charge is 0.480 e. The Kier molecular flexibility index (Phi) is 5.31. The van der Waals surface area contributed by atoms with Gasteiger partial charge in [0.1, 0.15) is 12.3 Å². The third kappa shape index (κ3) is 4.17. The highest BCUT2D eigenvalue weighted by molar-refractivity contribution is 5.92. The Bertz CT molecular complexity index is 428. The molecule has 18 heavy (non-hydrogen) atoms. The fourth-order valence-corrected chi connectivity index (χ4v) is 1.46. The molecule has 0 bridgehead atoms. The van der Waals surface area contributed by atoms with E-state index in [1.54, 1.807) is 10.7 Å². The number of aliphatic carboxylic acids is 1. The van der Waals surface area contributed by atoms with Gasteiger partial charge in [-0.05, 0) is 19.9 Å². The van der Waals surface area contributed by atoms with Crippen LogP contribution in [0.4, 0.5) is 0 Å². The van der Waals surface area contributed by atoms with E-state index in [0.29, 0.717) is 12.2 Å². The molecule has 0 aliphatic carbocycles. The van der Waals surface area contributed by atoms with Crippen molar-refractivity contribution in [2.75, 3.05) is 19.8 Å². The number of aromatic nitrogens is 2. The molecule has 0 fully saturated rings. The quantitative estimate of drug-likeness (QED) is 0.671. The Morgan fingerprint density at radius 1 is 1.56 bits per heavy atom. The summed E-state index contributed by atoms with van der Waals surface area (Å²) < 4.78 is 6.42. The van der Waals surface area contributed by atoms with E-state index in [1.165, 1.54) is 0 Å². The molecule has 2 N–H and O–H groups in total. The topological polar surface area (TPSA) is 93.5 Å². The molecule has 0 aromatic carbocycles. The number of aryl methyl sites for hydroxylation is 2. The normalized spacial score (nSPS) is 10.3. The highest BCUT2D eigenvalue weighted by Crippen LogP contribution is 2.03. The van der Waals surface area contributed by atoms with E-state index in [0.717, 1.165) is 5.69 Å². The summed E-state index contributed by atoms with van der Waals surface area (Å²) in [5.41, 5.74) is 1.28. The van der Waals surface area contributed by atoms with Crippen LogP contribution in [0.3, 0.4) is 0 Å². The second-order valence-corrected chi connectivity index (χ2v) is 3.69. The third-order valence-electron chi connectivity index (χ3n) is 2.19. The molecule has 0 saturated heterocycles. The van der Waals surface area contributed by atoms with Crippen molar-refractivity contribution in [3.63, 3.8) is 0 Å². The zero-order valence-electron chi connectivity index (χ0n) is 10.5. The molecule has 1 rings (SSSR count). The number of carbonyl (C=O) groups is 2. The minimum absolute atomic E-state index is 0.164. The maximum absolute atomic E-state index is 11.8. The zero-order chi connectivity index (χ0) is 13.5. The summed E-state index contributed by atoms with van der Waals surface area (Å²) in [4.78, 5) is 22.0. The van der Waals surface area contributed by atoms with Crippen molar-refractivity contribution in [3.05, 3.63) is 17.5 Å². The van der Waals surface area contributed by atoms with Gasteiger partial charge in [-0.15, -0.1) is 0 Å². The lowest BCUT2D eigenvalue weighted by molar-refractivity contribution is -0.142. The Morgan fingerprint density at radius 3 is 2.89 bits per heavy atom. The molecule has 0 atom stereocenters. The van der Waals surface area contributed by atoms with Gasteiger partial charge in [0.25, 0.3) is 5.91 Å². The molecule has 0 spiro atoms. The number of carboxylic acid groups (broad SMARTS) is 1. The average molecular weight is 255 g/mol. The van der Waals surface area contributed by atoms with Gasteiger partial charge in [-0.2, -0.15) is 5.10 Å². The first-order chi connectivity index (χ1) is 8.54. The van der Waals surface area contributed by atoms with Crippen molar-refractivity contribution < 1.29 is 19.4 Å². The van der Waals surface area contributed by atoms with E-state index >= 15 is 0 Å². The summed E-state index contributed by atoms with van der Waals surface area (Å²) in [6.07, 6.45) is 0. The van der Waals surface area contributed by atoms with E-state index in [1.807, 2.05) is 13.8 Å². The molecule has 1 aromatic heterocycles. The molecule has 0 radical (unpaired) electrons. The first-order valence-corrected chi connectivity index (χ1v) is 5.66. The predicted molar refractivity (Wildman–Crippen MR) is 63.4 cm³/mol. The number of amides is 1. The average Bonchev–Trinajstić information content (AvgIpc) is 2.69. The minimum atomic E-state index is -1.03. The molecule has 1 amide bonds. The molecule has 1 aromatic rings. The van der Waals surface area contributed by atoms with Crippen molar-refractivity contribution >= 4 is 11.9 Å². The Balaban J connectivity index is 2.38. The van der Waals surface area contributed by atoms with E-state index in [-0.39, 0.29) is 25.7 Å². The molecule has 7 heteroatoms. The number of nitrogens with zero attached hydrogens (tertiary/aromatic N) is 2.